The van der Waals surface area contributed by atoms with Crippen LogP contribution in [-0.2, 0) is 17.8 Å². The zero-order valence-corrected chi connectivity index (χ0v) is 21.1. The summed E-state index contributed by atoms with van der Waals surface area (Å²) in [5.41, 5.74) is 8.57. The molecule has 0 aromatic heterocycles. The van der Waals surface area contributed by atoms with Crippen molar-refractivity contribution >= 4 is 36.0 Å². The van der Waals surface area contributed by atoms with Gasteiger partial charge in [-0.3, -0.25) is 4.90 Å². The van der Waals surface area contributed by atoms with Gasteiger partial charge in [0, 0.05) is 51.9 Å². The van der Waals surface area contributed by atoms with Crippen molar-refractivity contribution in [2.24, 2.45) is 10.7 Å². The van der Waals surface area contributed by atoms with E-state index in [0.717, 1.165) is 51.1 Å². The van der Waals surface area contributed by atoms with Gasteiger partial charge in [0.25, 0.3) is 0 Å². The molecule has 2 aliphatic heterocycles. The molecule has 0 spiro atoms. The summed E-state index contributed by atoms with van der Waals surface area (Å²) in [6, 6.07) is 8.90. The van der Waals surface area contributed by atoms with Gasteiger partial charge in [-0.25, -0.2) is 9.79 Å². The molecule has 0 aliphatic carbocycles. The number of halogens is 1. The molecule has 0 atom stereocenters. The van der Waals surface area contributed by atoms with Crippen LogP contribution < -0.4 is 11.1 Å². The van der Waals surface area contributed by atoms with Crippen molar-refractivity contribution in [1.82, 2.24) is 20.0 Å². The third kappa shape index (κ3) is 8.46. The Morgan fingerprint density at radius 3 is 2.32 bits per heavy atom. The number of ether oxygens (including phenoxy) is 1. The molecule has 1 aromatic rings. The quantitative estimate of drug-likeness (QED) is 0.324. The Labute approximate surface area is 203 Å². The number of carbonyl (C=O) groups excluding carboxylic acids is 1. The molecule has 9 heteroatoms. The van der Waals surface area contributed by atoms with Gasteiger partial charge < -0.3 is 25.6 Å². The van der Waals surface area contributed by atoms with Crippen LogP contribution in [0.2, 0.25) is 0 Å². The van der Waals surface area contributed by atoms with Crippen LogP contribution in [0.4, 0.5) is 4.79 Å². The van der Waals surface area contributed by atoms with Crippen LogP contribution in [0.15, 0.2) is 29.3 Å². The third-order valence-corrected chi connectivity index (χ3v) is 5.83. The van der Waals surface area contributed by atoms with Gasteiger partial charge in [-0.1, -0.05) is 24.3 Å². The molecule has 2 fully saturated rings. The smallest absolute Gasteiger partial charge is 0.409 e. The molecule has 2 saturated heterocycles. The highest BCUT2D eigenvalue weighted by molar-refractivity contribution is 14.0. The van der Waals surface area contributed by atoms with Crippen LogP contribution in [-0.4, -0.2) is 85.7 Å². The lowest BCUT2D eigenvalue weighted by Gasteiger charge is -2.32. The van der Waals surface area contributed by atoms with Crippen molar-refractivity contribution in [3.63, 3.8) is 0 Å². The molecule has 2 aliphatic rings. The van der Waals surface area contributed by atoms with Gasteiger partial charge >= 0.3 is 6.09 Å². The lowest BCUT2D eigenvalue weighted by molar-refractivity contribution is 0.0963. The third-order valence-electron chi connectivity index (χ3n) is 5.83. The van der Waals surface area contributed by atoms with Gasteiger partial charge in [-0.05, 0) is 37.9 Å². The van der Waals surface area contributed by atoms with E-state index in [1.54, 1.807) is 4.90 Å². The number of aliphatic imine (C=N–C) groups is 1. The van der Waals surface area contributed by atoms with Crippen LogP contribution in [0.3, 0.4) is 0 Å². The van der Waals surface area contributed by atoms with Crippen molar-refractivity contribution in [1.29, 1.82) is 0 Å². The number of amides is 1. The maximum Gasteiger partial charge on any atom is 0.409 e. The molecule has 8 nitrogen and oxygen atoms in total. The maximum atomic E-state index is 11.8. The van der Waals surface area contributed by atoms with Crippen molar-refractivity contribution in [2.75, 3.05) is 52.9 Å². The number of hydrogen-bond donors (Lipinski definition) is 2. The zero-order valence-electron chi connectivity index (χ0n) is 18.8. The molecule has 3 rings (SSSR count). The molecular weight excluding hydrogens is 507 g/mol. The molecule has 1 aromatic carbocycles. The van der Waals surface area contributed by atoms with E-state index in [2.05, 4.69) is 51.4 Å². The molecule has 0 unspecified atom stereocenters. The number of rotatable bonds is 6. The molecule has 0 bridgehead atoms. The van der Waals surface area contributed by atoms with Gasteiger partial charge in [0.2, 0.25) is 0 Å². The van der Waals surface area contributed by atoms with Crippen molar-refractivity contribution in [2.45, 2.75) is 38.9 Å². The number of likely N-dealkylation sites (tertiary alicyclic amines) is 1. The minimum atomic E-state index is -0.228. The highest BCUT2D eigenvalue weighted by Gasteiger charge is 2.23. The molecule has 0 radical (unpaired) electrons. The number of carbonyl (C=O) groups is 1. The summed E-state index contributed by atoms with van der Waals surface area (Å²) < 4.78 is 5.05. The molecule has 1 amide bonds. The number of likely N-dealkylation sites (N-methyl/N-ethyl adjacent to an activating group) is 1. The topological polar surface area (TPSA) is 86.4 Å². The second-order valence-corrected chi connectivity index (χ2v) is 8.20. The fraction of sp³-hybridized carbons (Fsp3) is 0.636. The summed E-state index contributed by atoms with van der Waals surface area (Å²) in [5.74, 6) is 0.464. The number of piperazine rings is 1. The summed E-state index contributed by atoms with van der Waals surface area (Å²) >= 11 is 0. The van der Waals surface area contributed by atoms with E-state index in [1.165, 1.54) is 5.56 Å². The lowest BCUT2D eigenvalue weighted by atomic mass is 10.1. The average molecular weight is 544 g/mol. The summed E-state index contributed by atoms with van der Waals surface area (Å²) in [5, 5.41) is 3.29. The molecule has 3 N–H and O–H groups in total. The molecule has 0 saturated carbocycles. The summed E-state index contributed by atoms with van der Waals surface area (Å²) in [6.45, 7) is 9.70. The number of guanidine groups is 1. The van der Waals surface area contributed by atoms with Gasteiger partial charge in [0.05, 0.1) is 13.2 Å². The Balaban J connectivity index is 0.00000341. The second kappa shape index (κ2) is 13.1. The summed E-state index contributed by atoms with van der Waals surface area (Å²) in [4.78, 5) is 22.9. The SMILES string of the molecule is CCOC(=O)N1CCC(NC(N)=NCc2ccc(CN3CCN(C)CC3)cc2)CC1.I. The van der Waals surface area contributed by atoms with Crippen LogP contribution >= 0.6 is 24.0 Å². The van der Waals surface area contributed by atoms with Crippen molar-refractivity contribution < 1.29 is 9.53 Å². The largest absolute Gasteiger partial charge is 0.450 e. The minimum absolute atomic E-state index is 0. The standard InChI is InChI=1S/C22H36N6O2.HI/c1-3-30-22(29)28-10-8-20(9-11-28)25-21(23)24-16-18-4-6-19(7-5-18)17-27-14-12-26(2)13-15-27;/h4-7,20H,3,8-17H2,1-2H3,(H3,23,24,25);1H. The number of piperidine rings is 1. The van der Waals surface area contributed by atoms with E-state index in [4.69, 9.17) is 10.5 Å². The molecule has 31 heavy (non-hydrogen) atoms. The van der Waals surface area contributed by atoms with E-state index in [9.17, 15) is 4.79 Å². The van der Waals surface area contributed by atoms with E-state index >= 15 is 0 Å². The second-order valence-electron chi connectivity index (χ2n) is 8.20. The molecular formula is C22H37IN6O2. The number of nitrogens with two attached hydrogens (primary N) is 1. The lowest BCUT2D eigenvalue weighted by Crippen LogP contribution is -2.48. The number of benzene rings is 1. The van der Waals surface area contributed by atoms with Crippen LogP contribution in [0.25, 0.3) is 0 Å². The fourth-order valence-corrected chi connectivity index (χ4v) is 3.87. The molecule has 174 valence electrons. The Kier molecular flexibility index (Phi) is 10.8. The number of nitrogens with one attached hydrogen (secondary N) is 1. The normalized spacial score (nSPS) is 19.0. The van der Waals surface area contributed by atoms with Crippen LogP contribution in [0, 0.1) is 0 Å². The Hall–Kier alpha value is -1.59. The minimum Gasteiger partial charge on any atom is -0.450 e. The number of nitrogens with zero attached hydrogens (tertiary/aromatic N) is 4. The predicted molar refractivity (Wildman–Crippen MR) is 135 cm³/mol. The predicted octanol–water partition coefficient (Wildman–Crippen LogP) is 2.08. The Morgan fingerprint density at radius 1 is 1.10 bits per heavy atom. The average Bonchev–Trinajstić information content (AvgIpc) is 2.75. The van der Waals surface area contributed by atoms with Crippen molar-refractivity contribution in [3.05, 3.63) is 35.4 Å². The van der Waals surface area contributed by atoms with E-state index in [-0.39, 0.29) is 36.1 Å². The van der Waals surface area contributed by atoms with Gasteiger partial charge in [0.1, 0.15) is 0 Å². The van der Waals surface area contributed by atoms with E-state index < -0.39 is 0 Å². The first-order valence-corrected chi connectivity index (χ1v) is 11.0. The van der Waals surface area contributed by atoms with Gasteiger partial charge in [-0.2, -0.15) is 0 Å². The van der Waals surface area contributed by atoms with Crippen LogP contribution in [0.5, 0.6) is 0 Å². The zero-order chi connectivity index (χ0) is 21.3. The van der Waals surface area contributed by atoms with E-state index in [0.29, 0.717) is 32.2 Å². The maximum absolute atomic E-state index is 11.8. The highest BCUT2D eigenvalue weighted by Crippen LogP contribution is 2.12. The molecule has 2 heterocycles. The number of hydrogen-bond acceptors (Lipinski definition) is 5. The van der Waals surface area contributed by atoms with Gasteiger partial charge in [0.15, 0.2) is 5.96 Å². The first-order valence-electron chi connectivity index (χ1n) is 11.0. The monoisotopic (exact) mass is 544 g/mol. The van der Waals surface area contributed by atoms with Crippen LogP contribution in [0.1, 0.15) is 30.9 Å². The first kappa shape index (κ1) is 25.7. The van der Waals surface area contributed by atoms with E-state index in [1.807, 2.05) is 6.92 Å². The highest BCUT2D eigenvalue weighted by atomic mass is 127. The Morgan fingerprint density at radius 2 is 1.71 bits per heavy atom. The Bertz CT molecular complexity index is 698. The fourth-order valence-electron chi connectivity index (χ4n) is 3.87. The summed E-state index contributed by atoms with van der Waals surface area (Å²) in [6.07, 6.45) is 1.46. The first-order chi connectivity index (χ1) is 14.5. The van der Waals surface area contributed by atoms with Crippen molar-refractivity contribution in [3.8, 4) is 0 Å². The van der Waals surface area contributed by atoms with Gasteiger partial charge in [-0.15, -0.1) is 24.0 Å². The summed E-state index contributed by atoms with van der Waals surface area (Å²) in [7, 11) is 2.18.